The number of nitrogens with zero attached hydrogens (tertiary/aromatic N) is 1. The van der Waals surface area contributed by atoms with E-state index in [0.29, 0.717) is 31.8 Å². The van der Waals surface area contributed by atoms with Gasteiger partial charge in [0.05, 0.1) is 18.8 Å². The number of amides is 4. The monoisotopic (exact) mass is 763 g/mol. The van der Waals surface area contributed by atoms with Gasteiger partial charge in [0, 0.05) is 25.4 Å². The van der Waals surface area contributed by atoms with E-state index < -0.39 is 65.1 Å². The first-order valence-corrected chi connectivity index (χ1v) is 21.6. The van der Waals surface area contributed by atoms with Crippen LogP contribution >= 0.6 is 0 Å². The molecule has 0 spiro atoms. The summed E-state index contributed by atoms with van der Waals surface area (Å²) in [6.07, 6.45) is 13.3. The van der Waals surface area contributed by atoms with Crippen molar-refractivity contribution in [2.24, 2.45) is 35.0 Å². The van der Waals surface area contributed by atoms with Crippen LogP contribution < -0.4 is 16.0 Å². The number of aliphatic hydroxyl groups is 2. The van der Waals surface area contributed by atoms with Crippen molar-refractivity contribution < 1.29 is 34.1 Å². The van der Waals surface area contributed by atoms with Crippen LogP contribution in [-0.4, -0.2) is 94.4 Å². The van der Waals surface area contributed by atoms with Gasteiger partial charge in [-0.1, -0.05) is 112 Å². The zero-order chi connectivity index (χ0) is 40.4. The van der Waals surface area contributed by atoms with Crippen molar-refractivity contribution in [1.29, 1.82) is 0 Å². The second-order valence-electron chi connectivity index (χ2n) is 18.3. The van der Waals surface area contributed by atoms with Gasteiger partial charge in [-0.15, -0.1) is 0 Å². The number of hydrogen-bond acceptors (Lipinski definition) is 7. The molecule has 1 aliphatic heterocycles. The molecular formula is C43H78N4O7. The van der Waals surface area contributed by atoms with E-state index in [9.17, 15) is 29.4 Å². The van der Waals surface area contributed by atoms with Gasteiger partial charge < -0.3 is 35.8 Å². The molecule has 2 bridgehead atoms. The zero-order valence-corrected chi connectivity index (χ0v) is 35.5. The predicted octanol–water partition coefficient (Wildman–Crippen LogP) is 5.88. The summed E-state index contributed by atoms with van der Waals surface area (Å²) in [7, 11) is 1.59. The first-order valence-electron chi connectivity index (χ1n) is 21.6. The Kier molecular flexibility index (Phi) is 17.8. The number of likely N-dealkylation sites (N-methyl/N-ethyl adjacent to an activating group) is 1. The average molecular weight is 763 g/mol. The molecule has 0 aromatic heterocycles. The average Bonchev–Trinajstić information content (AvgIpc) is 3.86. The maximum atomic E-state index is 14.5. The molecule has 3 saturated carbocycles. The third-order valence-electron chi connectivity index (χ3n) is 13.5. The lowest BCUT2D eigenvalue weighted by atomic mass is 9.51. The molecule has 5 unspecified atom stereocenters. The lowest BCUT2D eigenvalue weighted by Gasteiger charge is -2.57. The van der Waals surface area contributed by atoms with Crippen LogP contribution in [0.25, 0.3) is 0 Å². The van der Waals surface area contributed by atoms with Gasteiger partial charge in [0.2, 0.25) is 23.6 Å². The normalized spacial score (nSPS) is 29.4. The molecule has 11 nitrogen and oxygen atoms in total. The van der Waals surface area contributed by atoms with Crippen molar-refractivity contribution in [1.82, 2.24) is 20.9 Å². The summed E-state index contributed by atoms with van der Waals surface area (Å²) in [5, 5.41) is 32.6. The molecule has 4 amide bonds. The first-order chi connectivity index (χ1) is 25.4. The minimum atomic E-state index is -1.30. The zero-order valence-electron chi connectivity index (χ0n) is 35.5. The van der Waals surface area contributed by atoms with Crippen molar-refractivity contribution in [3.8, 4) is 0 Å². The molecule has 0 aromatic rings. The van der Waals surface area contributed by atoms with E-state index in [4.69, 9.17) is 4.74 Å². The van der Waals surface area contributed by atoms with Crippen LogP contribution in [0, 0.1) is 35.0 Å². The Hall–Kier alpha value is -2.24. The Labute approximate surface area is 327 Å². The van der Waals surface area contributed by atoms with Crippen molar-refractivity contribution in [3.05, 3.63) is 0 Å². The van der Waals surface area contributed by atoms with Gasteiger partial charge in [0.1, 0.15) is 23.7 Å². The quantitative estimate of drug-likeness (QED) is 0.116. The third-order valence-corrected chi connectivity index (χ3v) is 13.5. The van der Waals surface area contributed by atoms with Crippen molar-refractivity contribution in [2.45, 2.75) is 201 Å². The number of fused-ring (bicyclic) bond motifs is 10. The van der Waals surface area contributed by atoms with E-state index in [0.717, 1.165) is 38.5 Å². The maximum Gasteiger partial charge on any atom is 0.245 e. The fraction of sp³-hybridized carbons (Fsp3) is 0.907. The lowest BCUT2D eigenvalue weighted by Crippen LogP contribution is -2.66. The molecule has 1 heterocycles. The smallest absolute Gasteiger partial charge is 0.245 e. The summed E-state index contributed by atoms with van der Waals surface area (Å²) in [5.74, 6) is -1.19. The highest BCUT2D eigenvalue weighted by Gasteiger charge is 2.63. The molecule has 1 saturated heterocycles. The highest BCUT2D eigenvalue weighted by molar-refractivity contribution is 5.94. The lowest BCUT2D eigenvalue weighted by molar-refractivity contribution is -0.145. The van der Waals surface area contributed by atoms with Crippen LogP contribution in [0.1, 0.15) is 159 Å². The summed E-state index contributed by atoms with van der Waals surface area (Å²) < 4.78 is 5.95. The highest BCUT2D eigenvalue weighted by Crippen LogP contribution is 2.58. The summed E-state index contributed by atoms with van der Waals surface area (Å²) in [4.78, 5) is 56.1. The largest absolute Gasteiger partial charge is 0.391 e. The molecule has 4 fully saturated rings. The number of hydrogen-bond donors (Lipinski definition) is 5. The molecule has 0 aromatic carbocycles. The molecule has 0 radical (unpaired) electrons. The summed E-state index contributed by atoms with van der Waals surface area (Å²) >= 11 is 0. The van der Waals surface area contributed by atoms with Gasteiger partial charge >= 0.3 is 0 Å². The number of aliphatic hydroxyl groups excluding tert-OH is 2. The third kappa shape index (κ3) is 11.7. The molecule has 4 aliphatic rings. The highest BCUT2D eigenvalue weighted by atomic mass is 16.6. The van der Waals surface area contributed by atoms with Crippen LogP contribution in [0.4, 0.5) is 0 Å². The van der Waals surface area contributed by atoms with Crippen LogP contribution in [0.5, 0.6) is 0 Å². The van der Waals surface area contributed by atoms with Crippen molar-refractivity contribution >= 4 is 23.6 Å². The Bertz CT molecular complexity index is 1220. The van der Waals surface area contributed by atoms with Gasteiger partial charge in [-0.3, -0.25) is 19.2 Å². The number of ether oxygens (including phenoxy) is 1. The Balaban J connectivity index is 1.95. The number of nitrogens with one attached hydrogen (secondary N) is 3. The van der Waals surface area contributed by atoms with E-state index in [1.807, 2.05) is 34.6 Å². The molecule has 3 aliphatic carbocycles. The van der Waals surface area contributed by atoms with Crippen molar-refractivity contribution in [3.63, 3.8) is 0 Å². The summed E-state index contributed by atoms with van der Waals surface area (Å²) in [6, 6.07) is -3.48. The van der Waals surface area contributed by atoms with Crippen LogP contribution in [-0.2, 0) is 23.9 Å². The second-order valence-corrected chi connectivity index (χ2v) is 18.3. The molecule has 5 N–H and O–H groups in total. The SMILES string of the molecule is CCC(C)[C@H](NC(=O)[C@H](C(C)CC)N(C)C(C)=O)C(=O)N[C@H](C(=O)N[C@@H](CC(C)C)C1(C(O)[C@@]2(C)CO2)CCCCCCCCCCC2CC1C2)C(C)O. The van der Waals surface area contributed by atoms with E-state index in [-0.39, 0.29) is 29.6 Å². The van der Waals surface area contributed by atoms with E-state index in [1.165, 1.54) is 57.3 Å². The van der Waals surface area contributed by atoms with Gasteiger partial charge in [-0.2, -0.15) is 0 Å². The number of rotatable bonds is 17. The minimum Gasteiger partial charge on any atom is -0.391 e. The van der Waals surface area contributed by atoms with Gasteiger partial charge in [0.25, 0.3) is 0 Å². The standard InChI is InChI=1S/C43H78N4O7/c1-11-28(5)35(45-40(52)37(29(6)12-2)47(10)31(8)49)38(50)46-36(30(7)48)39(51)44-34(23-27(3)4)43(41(53)42(9)26-54-42)22-20-18-16-14-13-15-17-19-21-32-24-33(43)25-32/h27-30,32-37,41,48,53H,11-26H2,1-10H3,(H,44,51)(H,45,52)(H,46,50)/t28?,29?,30?,32?,33?,34-,35-,36-,37-,41?,42+,43?/m0/s1. The Morgan fingerprint density at radius 1 is 0.778 bits per heavy atom. The van der Waals surface area contributed by atoms with Crippen LogP contribution in [0.15, 0.2) is 0 Å². The molecule has 10 atom stereocenters. The molecule has 4 rings (SSSR count). The first kappa shape index (κ1) is 46.1. The maximum absolute atomic E-state index is 14.5. The van der Waals surface area contributed by atoms with E-state index in [1.54, 1.807) is 7.05 Å². The topological polar surface area (TPSA) is 161 Å². The minimum absolute atomic E-state index is 0.157. The Morgan fingerprint density at radius 2 is 1.30 bits per heavy atom. The Morgan fingerprint density at radius 3 is 1.80 bits per heavy atom. The van der Waals surface area contributed by atoms with Gasteiger partial charge in [0.15, 0.2) is 0 Å². The van der Waals surface area contributed by atoms with Gasteiger partial charge in [-0.25, -0.2) is 0 Å². The molecular weight excluding hydrogens is 684 g/mol. The van der Waals surface area contributed by atoms with E-state index >= 15 is 0 Å². The predicted molar refractivity (Wildman–Crippen MR) is 213 cm³/mol. The summed E-state index contributed by atoms with van der Waals surface area (Å²) in [6.45, 7) is 17.3. The molecule has 11 heteroatoms. The number of epoxide rings is 1. The summed E-state index contributed by atoms with van der Waals surface area (Å²) in [5.41, 5.74) is -1.32. The second kappa shape index (κ2) is 20.8. The van der Waals surface area contributed by atoms with Crippen molar-refractivity contribution in [2.75, 3.05) is 13.7 Å². The number of carbonyl (C=O) groups excluding carboxylic acids is 4. The van der Waals surface area contributed by atoms with Gasteiger partial charge in [-0.05, 0) is 69.1 Å². The van der Waals surface area contributed by atoms with Crippen LogP contribution in [0.2, 0.25) is 0 Å². The molecule has 312 valence electrons. The van der Waals surface area contributed by atoms with Crippen LogP contribution in [0.3, 0.4) is 0 Å². The number of carbonyl (C=O) groups is 4. The fourth-order valence-corrected chi connectivity index (χ4v) is 9.36. The fourth-order valence-electron chi connectivity index (χ4n) is 9.36. The van der Waals surface area contributed by atoms with E-state index in [2.05, 4.69) is 29.8 Å². The molecule has 54 heavy (non-hydrogen) atoms.